The van der Waals surface area contributed by atoms with E-state index in [1.807, 2.05) is 0 Å². The first-order chi connectivity index (χ1) is 15.1. The molecule has 3 heterocycles. The van der Waals surface area contributed by atoms with Crippen molar-refractivity contribution in [2.24, 2.45) is 0 Å². The minimum absolute atomic E-state index is 0.00460. The Morgan fingerprint density at radius 2 is 1.90 bits per heavy atom. The van der Waals surface area contributed by atoms with E-state index in [2.05, 4.69) is 30.2 Å². The second-order valence-corrected chi connectivity index (χ2v) is 7.55. The summed E-state index contributed by atoms with van der Waals surface area (Å²) in [7, 11) is 0. The van der Waals surface area contributed by atoms with Crippen LogP contribution in [0.4, 0.5) is 16.2 Å². The number of ether oxygens (including phenoxy) is 1. The quantitative estimate of drug-likeness (QED) is 0.537. The average Bonchev–Trinajstić information content (AvgIpc) is 2.79. The molecule has 2 aromatic heterocycles. The SMILES string of the molecule is Nc1nc(NCCCN2CCOCC2)c(-c2cncnc2)c(-c2ccc(F)c(Cl)c2)n1. The average molecular weight is 444 g/mol. The molecule has 0 spiro atoms. The van der Waals surface area contributed by atoms with Crippen LogP contribution >= 0.6 is 11.6 Å². The van der Waals surface area contributed by atoms with Crippen LogP contribution in [-0.2, 0) is 4.74 Å². The molecule has 0 atom stereocenters. The first kappa shape index (κ1) is 21.4. The summed E-state index contributed by atoms with van der Waals surface area (Å²) in [6, 6.07) is 4.43. The molecule has 1 aliphatic heterocycles. The molecular weight excluding hydrogens is 421 g/mol. The van der Waals surface area contributed by atoms with Gasteiger partial charge in [0.15, 0.2) is 0 Å². The summed E-state index contributed by atoms with van der Waals surface area (Å²) in [6.45, 7) is 5.10. The number of rotatable bonds is 7. The van der Waals surface area contributed by atoms with E-state index in [9.17, 15) is 4.39 Å². The van der Waals surface area contributed by atoms with Crippen LogP contribution in [0, 0.1) is 5.82 Å². The van der Waals surface area contributed by atoms with Crippen molar-refractivity contribution in [1.82, 2.24) is 24.8 Å². The number of benzene rings is 1. The van der Waals surface area contributed by atoms with Gasteiger partial charge >= 0.3 is 0 Å². The molecule has 10 heteroatoms. The zero-order valence-corrected chi connectivity index (χ0v) is 17.6. The van der Waals surface area contributed by atoms with Crippen molar-refractivity contribution in [2.75, 3.05) is 50.4 Å². The van der Waals surface area contributed by atoms with Gasteiger partial charge in [-0.3, -0.25) is 4.90 Å². The summed E-state index contributed by atoms with van der Waals surface area (Å²) in [5, 5.41) is 3.38. The van der Waals surface area contributed by atoms with Gasteiger partial charge in [0.2, 0.25) is 5.95 Å². The van der Waals surface area contributed by atoms with E-state index in [1.165, 1.54) is 18.5 Å². The molecular formula is C21H23ClFN7O. The van der Waals surface area contributed by atoms with Gasteiger partial charge in [-0.25, -0.2) is 19.3 Å². The molecule has 162 valence electrons. The Morgan fingerprint density at radius 3 is 2.65 bits per heavy atom. The van der Waals surface area contributed by atoms with E-state index >= 15 is 0 Å². The summed E-state index contributed by atoms with van der Waals surface area (Å²) < 4.78 is 19.1. The fraction of sp³-hybridized carbons (Fsp3) is 0.333. The topological polar surface area (TPSA) is 102 Å². The lowest BCUT2D eigenvalue weighted by Crippen LogP contribution is -2.37. The number of morpholine rings is 1. The van der Waals surface area contributed by atoms with Crippen LogP contribution in [0.2, 0.25) is 5.02 Å². The standard InChI is InChI=1S/C21H23ClFN7O/c22-16-10-14(2-3-17(16)23)19-18(15-11-25-13-26-12-15)20(29-21(24)28-19)27-4-1-5-30-6-8-31-9-7-30/h2-3,10-13H,1,4-9H2,(H3,24,27,28,29). The fourth-order valence-corrected chi connectivity index (χ4v) is 3.67. The van der Waals surface area contributed by atoms with Gasteiger partial charge in [-0.1, -0.05) is 11.6 Å². The molecule has 0 radical (unpaired) electrons. The molecule has 3 aromatic rings. The van der Waals surface area contributed by atoms with Crippen LogP contribution in [0.25, 0.3) is 22.4 Å². The van der Waals surface area contributed by atoms with Crippen LogP contribution in [0.1, 0.15) is 6.42 Å². The zero-order chi connectivity index (χ0) is 21.6. The number of hydrogen-bond donors (Lipinski definition) is 2. The molecule has 8 nitrogen and oxygen atoms in total. The van der Waals surface area contributed by atoms with E-state index in [0.717, 1.165) is 39.3 Å². The molecule has 1 saturated heterocycles. The third kappa shape index (κ3) is 5.25. The normalized spacial score (nSPS) is 14.5. The Hall–Kier alpha value is -2.88. The van der Waals surface area contributed by atoms with Crippen molar-refractivity contribution in [2.45, 2.75) is 6.42 Å². The molecule has 1 aliphatic rings. The van der Waals surface area contributed by atoms with E-state index in [0.29, 0.717) is 34.7 Å². The number of halogens is 2. The summed E-state index contributed by atoms with van der Waals surface area (Å²) in [5.74, 6) is 0.171. The maximum atomic E-state index is 13.7. The minimum atomic E-state index is -0.501. The lowest BCUT2D eigenvalue weighted by atomic mass is 10.0. The Morgan fingerprint density at radius 1 is 1.13 bits per heavy atom. The van der Waals surface area contributed by atoms with Crippen LogP contribution in [0.5, 0.6) is 0 Å². The van der Waals surface area contributed by atoms with E-state index in [1.54, 1.807) is 18.5 Å². The fourth-order valence-electron chi connectivity index (χ4n) is 3.49. The van der Waals surface area contributed by atoms with Gasteiger partial charge in [-0.2, -0.15) is 4.98 Å². The first-order valence-corrected chi connectivity index (χ1v) is 10.4. The second kappa shape index (κ2) is 9.95. The molecule has 0 saturated carbocycles. The molecule has 31 heavy (non-hydrogen) atoms. The number of nitrogen functional groups attached to an aromatic ring is 1. The van der Waals surface area contributed by atoms with Crippen LogP contribution in [-0.4, -0.2) is 64.2 Å². The van der Waals surface area contributed by atoms with Crippen molar-refractivity contribution in [1.29, 1.82) is 0 Å². The van der Waals surface area contributed by atoms with Crippen LogP contribution < -0.4 is 11.1 Å². The van der Waals surface area contributed by atoms with E-state index in [4.69, 9.17) is 22.1 Å². The molecule has 1 aromatic carbocycles. The number of aromatic nitrogens is 4. The monoisotopic (exact) mass is 443 g/mol. The number of nitrogens with one attached hydrogen (secondary N) is 1. The minimum Gasteiger partial charge on any atom is -0.379 e. The predicted molar refractivity (Wildman–Crippen MR) is 118 cm³/mol. The highest BCUT2D eigenvalue weighted by Gasteiger charge is 2.19. The highest BCUT2D eigenvalue weighted by atomic mass is 35.5. The van der Waals surface area contributed by atoms with Crippen molar-refractivity contribution in [3.05, 3.63) is 47.8 Å². The van der Waals surface area contributed by atoms with Crippen molar-refractivity contribution >= 4 is 23.4 Å². The lowest BCUT2D eigenvalue weighted by molar-refractivity contribution is 0.0378. The zero-order valence-electron chi connectivity index (χ0n) is 16.9. The number of hydrogen-bond acceptors (Lipinski definition) is 8. The number of nitrogens with two attached hydrogens (primary N) is 1. The first-order valence-electron chi connectivity index (χ1n) is 10.0. The van der Waals surface area contributed by atoms with Gasteiger partial charge in [0.1, 0.15) is 18.0 Å². The Labute approximate surface area is 184 Å². The van der Waals surface area contributed by atoms with Crippen molar-refractivity contribution < 1.29 is 9.13 Å². The summed E-state index contributed by atoms with van der Waals surface area (Å²) in [5.41, 5.74) is 8.56. The third-order valence-corrected chi connectivity index (χ3v) is 5.31. The van der Waals surface area contributed by atoms with Crippen LogP contribution in [0.15, 0.2) is 36.9 Å². The van der Waals surface area contributed by atoms with Gasteiger partial charge < -0.3 is 15.8 Å². The molecule has 0 unspecified atom stereocenters. The second-order valence-electron chi connectivity index (χ2n) is 7.14. The molecule has 4 rings (SSSR count). The Kier molecular flexibility index (Phi) is 6.86. The smallest absolute Gasteiger partial charge is 0.222 e. The molecule has 0 amide bonds. The molecule has 3 N–H and O–H groups in total. The van der Waals surface area contributed by atoms with Gasteiger partial charge in [0.25, 0.3) is 0 Å². The number of nitrogens with zero attached hydrogens (tertiary/aromatic N) is 5. The highest BCUT2D eigenvalue weighted by molar-refractivity contribution is 6.31. The maximum absolute atomic E-state index is 13.7. The van der Waals surface area contributed by atoms with Gasteiger partial charge in [0.05, 0.1) is 29.5 Å². The molecule has 1 fully saturated rings. The largest absolute Gasteiger partial charge is 0.379 e. The maximum Gasteiger partial charge on any atom is 0.222 e. The Balaban J connectivity index is 1.63. The van der Waals surface area contributed by atoms with E-state index < -0.39 is 5.82 Å². The highest BCUT2D eigenvalue weighted by Crippen LogP contribution is 2.36. The molecule has 0 aliphatic carbocycles. The summed E-state index contributed by atoms with van der Waals surface area (Å²) in [6.07, 6.45) is 5.72. The van der Waals surface area contributed by atoms with Crippen molar-refractivity contribution in [3.8, 4) is 22.4 Å². The summed E-state index contributed by atoms with van der Waals surface area (Å²) in [4.78, 5) is 19.4. The lowest BCUT2D eigenvalue weighted by Gasteiger charge is -2.26. The van der Waals surface area contributed by atoms with E-state index in [-0.39, 0.29) is 11.0 Å². The molecule has 0 bridgehead atoms. The third-order valence-electron chi connectivity index (χ3n) is 5.02. The summed E-state index contributed by atoms with van der Waals surface area (Å²) >= 11 is 6.01. The van der Waals surface area contributed by atoms with Gasteiger partial charge in [-0.05, 0) is 31.2 Å². The predicted octanol–water partition coefficient (Wildman–Crippen LogP) is 3.11. The Bertz CT molecular complexity index is 1030. The van der Waals surface area contributed by atoms with Gasteiger partial charge in [0, 0.05) is 43.2 Å². The van der Waals surface area contributed by atoms with Gasteiger partial charge in [-0.15, -0.1) is 0 Å². The number of anilines is 2. The van der Waals surface area contributed by atoms with Crippen LogP contribution in [0.3, 0.4) is 0 Å². The van der Waals surface area contributed by atoms with Crippen molar-refractivity contribution in [3.63, 3.8) is 0 Å².